The highest BCUT2D eigenvalue weighted by Crippen LogP contribution is 2.24. The summed E-state index contributed by atoms with van der Waals surface area (Å²) in [6.45, 7) is 1.30. The first-order chi connectivity index (χ1) is 11.4. The number of hydrogen-bond acceptors (Lipinski definition) is 4. The molecular formula is C16H19N3O4S. The van der Waals surface area contributed by atoms with E-state index in [0.29, 0.717) is 24.4 Å². The highest BCUT2D eigenvalue weighted by atomic mass is 32.2. The Morgan fingerprint density at radius 2 is 1.96 bits per heavy atom. The third-order valence-electron chi connectivity index (χ3n) is 4.15. The number of benzene rings is 1. The molecule has 1 aromatic carbocycles. The van der Waals surface area contributed by atoms with Crippen LogP contribution in [-0.4, -0.2) is 56.5 Å². The van der Waals surface area contributed by atoms with Gasteiger partial charge in [-0.1, -0.05) is 12.1 Å². The molecule has 2 aliphatic rings. The molecule has 7 nitrogen and oxygen atoms in total. The Kier molecular flexibility index (Phi) is 4.31. The summed E-state index contributed by atoms with van der Waals surface area (Å²) in [5.74, 6) is 0.307. The first-order valence-electron chi connectivity index (χ1n) is 7.66. The van der Waals surface area contributed by atoms with Gasteiger partial charge in [0.2, 0.25) is 0 Å². The average molecular weight is 349 g/mol. The number of allylic oxidation sites excluding steroid dienone is 1. The standard InChI is InChI=1S/C16H19N3O4S/c1-18-15(16(20)19-8-3-4-9-19)11-14(17-24(18,21)22)12-6-5-7-13(10-12)23-2/h5-7,10-11H,3-4,8-9H2,1-2H3. The van der Waals surface area contributed by atoms with Crippen LogP contribution in [0.3, 0.4) is 0 Å². The second-order valence-electron chi connectivity index (χ2n) is 5.68. The molecule has 0 spiro atoms. The Morgan fingerprint density at radius 1 is 1.25 bits per heavy atom. The molecule has 1 aromatic rings. The maximum absolute atomic E-state index is 12.7. The van der Waals surface area contributed by atoms with E-state index in [1.165, 1.54) is 20.2 Å². The molecule has 1 fully saturated rings. The van der Waals surface area contributed by atoms with E-state index in [4.69, 9.17) is 4.74 Å². The number of carbonyl (C=O) groups is 1. The molecule has 0 aliphatic carbocycles. The van der Waals surface area contributed by atoms with E-state index in [0.717, 1.165) is 17.1 Å². The van der Waals surface area contributed by atoms with Gasteiger partial charge in [-0.05, 0) is 31.1 Å². The second kappa shape index (κ2) is 6.27. The summed E-state index contributed by atoms with van der Waals surface area (Å²) in [6.07, 6.45) is 3.40. The summed E-state index contributed by atoms with van der Waals surface area (Å²) < 4.78 is 34.6. The van der Waals surface area contributed by atoms with Gasteiger partial charge < -0.3 is 9.64 Å². The number of ether oxygens (including phenoxy) is 1. The van der Waals surface area contributed by atoms with Crippen LogP contribution in [0.1, 0.15) is 18.4 Å². The van der Waals surface area contributed by atoms with Crippen molar-refractivity contribution in [1.29, 1.82) is 0 Å². The van der Waals surface area contributed by atoms with E-state index in [1.54, 1.807) is 29.2 Å². The zero-order chi connectivity index (χ0) is 17.3. The van der Waals surface area contributed by atoms with Crippen molar-refractivity contribution in [2.45, 2.75) is 12.8 Å². The SMILES string of the molecule is COc1cccc(C2=NS(=O)(=O)N(C)C(C(=O)N3CCCC3)=C2)c1. The zero-order valence-corrected chi connectivity index (χ0v) is 14.4. The quantitative estimate of drug-likeness (QED) is 0.821. The number of rotatable bonds is 3. The molecule has 0 unspecified atom stereocenters. The largest absolute Gasteiger partial charge is 0.497 e. The summed E-state index contributed by atoms with van der Waals surface area (Å²) in [5, 5.41) is 0. The molecule has 8 heteroatoms. The van der Waals surface area contributed by atoms with Crippen LogP contribution in [0.15, 0.2) is 40.4 Å². The molecule has 2 heterocycles. The normalized spacial score (nSPS) is 19.8. The summed E-state index contributed by atoms with van der Waals surface area (Å²) in [6, 6.07) is 6.93. The van der Waals surface area contributed by atoms with Gasteiger partial charge in [0.25, 0.3) is 5.91 Å². The lowest BCUT2D eigenvalue weighted by molar-refractivity contribution is -0.127. The highest BCUT2D eigenvalue weighted by molar-refractivity contribution is 7.88. The van der Waals surface area contributed by atoms with Crippen molar-refractivity contribution in [3.05, 3.63) is 41.6 Å². The van der Waals surface area contributed by atoms with Crippen LogP contribution in [0.5, 0.6) is 5.75 Å². The van der Waals surface area contributed by atoms with Crippen LogP contribution < -0.4 is 4.74 Å². The number of amides is 1. The van der Waals surface area contributed by atoms with E-state index < -0.39 is 10.2 Å². The van der Waals surface area contributed by atoms with E-state index in [1.807, 2.05) is 0 Å². The van der Waals surface area contributed by atoms with Crippen molar-refractivity contribution in [3.8, 4) is 5.75 Å². The molecule has 0 atom stereocenters. The molecule has 128 valence electrons. The van der Waals surface area contributed by atoms with Crippen LogP contribution in [-0.2, 0) is 15.0 Å². The smallest absolute Gasteiger partial charge is 0.345 e. The van der Waals surface area contributed by atoms with Crippen molar-refractivity contribution >= 4 is 21.8 Å². The fourth-order valence-corrected chi connectivity index (χ4v) is 3.66. The summed E-state index contributed by atoms with van der Waals surface area (Å²) in [7, 11) is -1.06. The Morgan fingerprint density at radius 3 is 2.62 bits per heavy atom. The van der Waals surface area contributed by atoms with Crippen molar-refractivity contribution in [2.75, 3.05) is 27.2 Å². The highest BCUT2D eigenvalue weighted by Gasteiger charge is 2.33. The number of carbonyl (C=O) groups excluding carboxylic acids is 1. The van der Waals surface area contributed by atoms with Crippen LogP contribution in [0, 0.1) is 0 Å². The van der Waals surface area contributed by atoms with E-state index >= 15 is 0 Å². The lowest BCUT2D eigenvalue weighted by Gasteiger charge is -2.26. The number of likely N-dealkylation sites (tertiary alicyclic amines) is 1. The molecule has 0 N–H and O–H groups in total. The molecule has 3 rings (SSSR count). The summed E-state index contributed by atoms with van der Waals surface area (Å²) >= 11 is 0. The van der Waals surface area contributed by atoms with Crippen LogP contribution >= 0.6 is 0 Å². The van der Waals surface area contributed by atoms with Gasteiger partial charge in [-0.3, -0.25) is 4.79 Å². The molecule has 2 aliphatic heterocycles. The lowest BCUT2D eigenvalue weighted by atomic mass is 10.1. The molecule has 1 saturated heterocycles. The first-order valence-corrected chi connectivity index (χ1v) is 9.06. The second-order valence-corrected chi connectivity index (χ2v) is 7.31. The predicted molar refractivity (Wildman–Crippen MR) is 90.1 cm³/mol. The van der Waals surface area contributed by atoms with Crippen molar-refractivity contribution in [2.24, 2.45) is 4.40 Å². The molecule has 0 saturated carbocycles. The zero-order valence-electron chi connectivity index (χ0n) is 13.6. The topological polar surface area (TPSA) is 79.3 Å². The minimum Gasteiger partial charge on any atom is -0.497 e. The number of likely N-dealkylation sites (N-methyl/N-ethyl adjacent to an activating group) is 1. The Hall–Kier alpha value is -2.35. The molecule has 1 amide bonds. The fourth-order valence-electron chi connectivity index (χ4n) is 2.75. The average Bonchev–Trinajstić information content (AvgIpc) is 3.11. The maximum Gasteiger partial charge on any atom is 0.345 e. The molecular weight excluding hydrogens is 330 g/mol. The number of nitrogens with zero attached hydrogens (tertiary/aromatic N) is 3. The van der Waals surface area contributed by atoms with Gasteiger partial charge in [-0.25, -0.2) is 4.31 Å². The lowest BCUT2D eigenvalue weighted by Crippen LogP contribution is -2.39. The third kappa shape index (κ3) is 3.01. The molecule has 0 bridgehead atoms. The fraction of sp³-hybridized carbons (Fsp3) is 0.375. The van der Waals surface area contributed by atoms with Gasteiger partial charge in [-0.15, -0.1) is 4.40 Å². The van der Waals surface area contributed by atoms with Crippen LogP contribution in [0.25, 0.3) is 0 Å². The minimum atomic E-state index is -3.94. The molecule has 0 aromatic heterocycles. The Balaban J connectivity index is 2.03. The Labute approximate surface area is 141 Å². The maximum atomic E-state index is 12.7. The van der Waals surface area contributed by atoms with Gasteiger partial charge in [0, 0.05) is 25.7 Å². The predicted octanol–water partition coefficient (Wildman–Crippen LogP) is 1.18. The minimum absolute atomic E-state index is 0.115. The van der Waals surface area contributed by atoms with Crippen molar-refractivity contribution in [1.82, 2.24) is 9.21 Å². The van der Waals surface area contributed by atoms with Crippen molar-refractivity contribution < 1.29 is 17.9 Å². The van der Waals surface area contributed by atoms with Gasteiger partial charge >= 0.3 is 10.2 Å². The van der Waals surface area contributed by atoms with Gasteiger partial charge in [0.15, 0.2) is 0 Å². The summed E-state index contributed by atoms with van der Waals surface area (Å²) in [5.41, 5.74) is 0.928. The summed E-state index contributed by atoms with van der Waals surface area (Å²) in [4.78, 5) is 14.3. The first kappa shape index (κ1) is 16.5. The monoisotopic (exact) mass is 349 g/mol. The Bertz CT molecular complexity index is 823. The van der Waals surface area contributed by atoms with Crippen molar-refractivity contribution in [3.63, 3.8) is 0 Å². The van der Waals surface area contributed by atoms with Crippen LogP contribution in [0.4, 0.5) is 0 Å². The van der Waals surface area contributed by atoms with Gasteiger partial charge in [0.05, 0.1) is 12.8 Å². The third-order valence-corrected chi connectivity index (χ3v) is 5.47. The molecule has 0 radical (unpaired) electrons. The molecule has 24 heavy (non-hydrogen) atoms. The number of methoxy groups -OCH3 is 1. The van der Waals surface area contributed by atoms with Gasteiger partial charge in [0.1, 0.15) is 11.4 Å². The van der Waals surface area contributed by atoms with Crippen LogP contribution in [0.2, 0.25) is 0 Å². The van der Waals surface area contributed by atoms with E-state index in [2.05, 4.69) is 4.40 Å². The number of hydrogen-bond donors (Lipinski definition) is 0. The van der Waals surface area contributed by atoms with E-state index in [-0.39, 0.29) is 17.3 Å². The van der Waals surface area contributed by atoms with E-state index in [9.17, 15) is 13.2 Å². The van der Waals surface area contributed by atoms with Gasteiger partial charge in [-0.2, -0.15) is 8.42 Å².